The van der Waals surface area contributed by atoms with E-state index in [1.54, 1.807) is 18.2 Å². The average molecular weight is 341 g/mol. The zero-order valence-corrected chi connectivity index (χ0v) is 13.7. The molecular formula is C19H20FN3O2. The van der Waals surface area contributed by atoms with E-state index >= 15 is 0 Å². The molecule has 0 saturated carbocycles. The molecule has 2 aromatic carbocycles. The fraction of sp³-hybridized carbons (Fsp3) is 0.263. The van der Waals surface area contributed by atoms with Gasteiger partial charge in [0, 0.05) is 35.9 Å². The summed E-state index contributed by atoms with van der Waals surface area (Å²) in [6, 6.07) is 12.7. The van der Waals surface area contributed by atoms with Gasteiger partial charge in [0.25, 0.3) is 5.91 Å². The highest BCUT2D eigenvalue weighted by atomic mass is 19.1. The number of anilines is 1. The van der Waals surface area contributed by atoms with Gasteiger partial charge in [0.2, 0.25) is 5.91 Å². The molecule has 0 aliphatic carbocycles. The standard InChI is InChI=1S/C19H20FN3O2/c20-15-3-1-5-17(11-15)23-10-2-4-16(12-23)22-19(25)14-8-6-13(7-9-14)18(21)24/h1,3,5-9,11,16H,2,4,10,12H2,(H2,21,24)(H,22,25)/t16-/m1/s1. The average Bonchev–Trinajstić information content (AvgIpc) is 2.62. The van der Waals surface area contributed by atoms with Gasteiger partial charge in [-0.25, -0.2) is 4.39 Å². The fourth-order valence-corrected chi connectivity index (χ4v) is 3.06. The molecular weight excluding hydrogens is 321 g/mol. The van der Waals surface area contributed by atoms with Crippen molar-refractivity contribution in [1.82, 2.24) is 5.32 Å². The molecule has 25 heavy (non-hydrogen) atoms. The minimum absolute atomic E-state index is 0.0136. The highest BCUT2D eigenvalue weighted by Gasteiger charge is 2.22. The zero-order chi connectivity index (χ0) is 17.8. The Balaban J connectivity index is 1.64. The van der Waals surface area contributed by atoms with Crippen LogP contribution in [0, 0.1) is 5.82 Å². The summed E-state index contributed by atoms with van der Waals surface area (Å²) in [5.41, 5.74) is 6.87. The van der Waals surface area contributed by atoms with Crippen molar-refractivity contribution in [3.05, 3.63) is 65.5 Å². The molecule has 1 saturated heterocycles. The molecule has 1 heterocycles. The van der Waals surface area contributed by atoms with Gasteiger partial charge < -0.3 is 16.0 Å². The molecule has 0 bridgehead atoms. The monoisotopic (exact) mass is 341 g/mol. The smallest absolute Gasteiger partial charge is 0.251 e. The maximum atomic E-state index is 13.4. The van der Waals surface area contributed by atoms with Crippen LogP contribution in [-0.4, -0.2) is 30.9 Å². The number of nitrogens with zero attached hydrogens (tertiary/aromatic N) is 1. The van der Waals surface area contributed by atoms with Crippen LogP contribution in [0.25, 0.3) is 0 Å². The van der Waals surface area contributed by atoms with E-state index in [1.165, 1.54) is 24.3 Å². The van der Waals surface area contributed by atoms with Crippen molar-refractivity contribution in [3.8, 4) is 0 Å². The second-order valence-electron chi connectivity index (χ2n) is 6.18. The molecule has 0 radical (unpaired) electrons. The largest absolute Gasteiger partial charge is 0.369 e. The Kier molecular flexibility index (Phi) is 4.97. The third-order valence-corrected chi connectivity index (χ3v) is 4.36. The van der Waals surface area contributed by atoms with Crippen LogP contribution in [-0.2, 0) is 0 Å². The van der Waals surface area contributed by atoms with Gasteiger partial charge in [0.1, 0.15) is 5.82 Å². The molecule has 0 spiro atoms. The van der Waals surface area contributed by atoms with E-state index in [0.717, 1.165) is 25.1 Å². The van der Waals surface area contributed by atoms with Crippen molar-refractivity contribution in [2.45, 2.75) is 18.9 Å². The van der Waals surface area contributed by atoms with Crippen LogP contribution in [0.4, 0.5) is 10.1 Å². The number of hydrogen-bond acceptors (Lipinski definition) is 3. The number of benzene rings is 2. The summed E-state index contributed by atoms with van der Waals surface area (Å²) >= 11 is 0. The van der Waals surface area contributed by atoms with Gasteiger partial charge in [-0.2, -0.15) is 0 Å². The molecule has 3 rings (SSSR count). The third-order valence-electron chi connectivity index (χ3n) is 4.36. The van der Waals surface area contributed by atoms with E-state index in [-0.39, 0.29) is 17.8 Å². The molecule has 2 aromatic rings. The first-order chi connectivity index (χ1) is 12.0. The minimum Gasteiger partial charge on any atom is -0.369 e. The number of carbonyl (C=O) groups is 2. The lowest BCUT2D eigenvalue weighted by Crippen LogP contribution is -2.47. The number of nitrogens with two attached hydrogens (primary N) is 1. The predicted octanol–water partition coefficient (Wildman–Crippen LogP) is 2.32. The quantitative estimate of drug-likeness (QED) is 0.896. The zero-order valence-electron chi connectivity index (χ0n) is 13.7. The molecule has 6 heteroatoms. The van der Waals surface area contributed by atoms with Crippen LogP contribution >= 0.6 is 0 Å². The first-order valence-corrected chi connectivity index (χ1v) is 8.24. The molecule has 0 aromatic heterocycles. The summed E-state index contributed by atoms with van der Waals surface area (Å²) in [7, 11) is 0. The summed E-state index contributed by atoms with van der Waals surface area (Å²) < 4.78 is 13.4. The molecule has 2 amide bonds. The number of halogens is 1. The number of rotatable bonds is 4. The van der Waals surface area contributed by atoms with Crippen molar-refractivity contribution in [2.24, 2.45) is 5.73 Å². The second-order valence-corrected chi connectivity index (χ2v) is 6.18. The van der Waals surface area contributed by atoms with Crippen molar-refractivity contribution >= 4 is 17.5 Å². The highest BCUT2D eigenvalue weighted by Crippen LogP contribution is 2.21. The lowest BCUT2D eigenvalue weighted by molar-refractivity contribution is 0.0931. The summed E-state index contributed by atoms with van der Waals surface area (Å²) in [6.45, 7) is 1.47. The number of hydrogen-bond donors (Lipinski definition) is 2. The highest BCUT2D eigenvalue weighted by molar-refractivity contribution is 5.97. The van der Waals surface area contributed by atoms with E-state index in [2.05, 4.69) is 10.2 Å². The summed E-state index contributed by atoms with van der Waals surface area (Å²) in [6.07, 6.45) is 1.79. The first-order valence-electron chi connectivity index (χ1n) is 8.24. The fourth-order valence-electron chi connectivity index (χ4n) is 3.06. The summed E-state index contributed by atoms with van der Waals surface area (Å²) in [5, 5.41) is 3.01. The molecule has 0 unspecified atom stereocenters. The molecule has 1 atom stereocenters. The normalized spacial score (nSPS) is 17.2. The van der Waals surface area contributed by atoms with Gasteiger partial charge in [-0.05, 0) is 55.3 Å². The summed E-state index contributed by atoms with van der Waals surface area (Å²) in [5.74, 6) is -0.981. The van der Waals surface area contributed by atoms with Crippen molar-refractivity contribution in [3.63, 3.8) is 0 Å². The van der Waals surface area contributed by atoms with Crippen LogP contribution in [0.5, 0.6) is 0 Å². The Morgan fingerprint density at radius 1 is 1.12 bits per heavy atom. The van der Waals surface area contributed by atoms with Crippen LogP contribution in [0.3, 0.4) is 0 Å². The van der Waals surface area contributed by atoms with Crippen LogP contribution in [0.1, 0.15) is 33.6 Å². The predicted molar refractivity (Wildman–Crippen MR) is 94.1 cm³/mol. The van der Waals surface area contributed by atoms with Gasteiger partial charge in [-0.3, -0.25) is 9.59 Å². The van der Waals surface area contributed by atoms with Gasteiger partial charge in [-0.1, -0.05) is 6.07 Å². The van der Waals surface area contributed by atoms with Gasteiger partial charge >= 0.3 is 0 Å². The lowest BCUT2D eigenvalue weighted by atomic mass is 10.0. The topological polar surface area (TPSA) is 75.4 Å². The maximum Gasteiger partial charge on any atom is 0.251 e. The van der Waals surface area contributed by atoms with Crippen LogP contribution in [0.15, 0.2) is 48.5 Å². The molecule has 3 N–H and O–H groups in total. The van der Waals surface area contributed by atoms with E-state index < -0.39 is 5.91 Å². The van der Waals surface area contributed by atoms with E-state index in [4.69, 9.17) is 5.73 Å². The van der Waals surface area contributed by atoms with Crippen molar-refractivity contribution in [1.29, 1.82) is 0 Å². The number of piperidine rings is 1. The molecule has 1 aliphatic heterocycles. The van der Waals surface area contributed by atoms with Crippen LogP contribution in [0.2, 0.25) is 0 Å². The number of nitrogens with one attached hydrogen (secondary N) is 1. The molecule has 5 nitrogen and oxygen atoms in total. The Morgan fingerprint density at radius 3 is 2.52 bits per heavy atom. The SMILES string of the molecule is NC(=O)c1ccc(C(=O)N[C@@H]2CCCN(c3cccc(F)c3)C2)cc1. The van der Waals surface area contributed by atoms with E-state index in [9.17, 15) is 14.0 Å². The Hall–Kier alpha value is -2.89. The lowest BCUT2D eigenvalue weighted by Gasteiger charge is -2.34. The minimum atomic E-state index is -0.523. The number of carbonyl (C=O) groups excluding carboxylic acids is 2. The van der Waals surface area contributed by atoms with Crippen LogP contribution < -0.4 is 16.0 Å². The Labute approximate surface area is 145 Å². The molecule has 1 aliphatic rings. The maximum absolute atomic E-state index is 13.4. The number of amides is 2. The van der Waals surface area contributed by atoms with E-state index in [0.29, 0.717) is 17.7 Å². The Morgan fingerprint density at radius 2 is 1.84 bits per heavy atom. The van der Waals surface area contributed by atoms with Gasteiger partial charge in [-0.15, -0.1) is 0 Å². The Bertz CT molecular complexity index is 776. The number of primary amides is 1. The van der Waals surface area contributed by atoms with E-state index in [1.807, 2.05) is 6.07 Å². The van der Waals surface area contributed by atoms with Crippen molar-refractivity contribution in [2.75, 3.05) is 18.0 Å². The molecule has 130 valence electrons. The van der Waals surface area contributed by atoms with Crippen molar-refractivity contribution < 1.29 is 14.0 Å². The van der Waals surface area contributed by atoms with Gasteiger partial charge in [0.05, 0.1) is 0 Å². The third kappa shape index (κ3) is 4.15. The second kappa shape index (κ2) is 7.34. The molecule has 1 fully saturated rings. The summed E-state index contributed by atoms with van der Waals surface area (Å²) in [4.78, 5) is 25.5. The van der Waals surface area contributed by atoms with Gasteiger partial charge in [0.15, 0.2) is 0 Å². The first kappa shape index (κ1) is 17.0.